The van der Waals surface area contributed by atoms with Gasteiger partial charge in [-0.2, -0.15) is 0 Å². The summed E-state index contributed by atoms with van der Waals surface area (Å²) in [5.41, 5.74) is 5.60. The third-order valence-electron chi connectivity index (χ3n) is 2.87. The average molecular weight is 212 g/mol. The number of unbranched alkanes of at least 4 members (excludes halogenated alkanes) is 3. The second-order valence-corrected chi connectivity index (χ2v) is 4.17. The number of hydrogen-bond donors (Lipinski definition) is 1. The van der Waals surface area contributed by atoms with Crippen LogP contribution in [-0.2, 0) is 4.74 Å². The SMILES string of the molecule is C=CCCCCCN1CCOC(CN)C1. The first-order valence-corrected chi connectivity index (χ1v) is 6.01. The van der Waals surface area contributed by atoms with Gasteiger partial charge in [0.15, 0.2) is 0 Å². The number of allylic oxidation sites excluding steroid dienone is 1. The topological polar surface area (TPSA) is 38.5 Å². The second-order valence-electron chi connectivity index (χ2n) is 4.17. The number of nitrogens with zero attached hydrogens (tertiary/aromatic N) is 1. The highest BCUT2D eigenvalue weighted by Gasteiger charge is 2.18. The Morgan fingerprint density at radius 2 is 2.27 bits per heavy atom. The first-order valence-electron chi connectivity index (χ1n) is 6.01. The van der Waals surface area contributed by atoms with E-state index in [1.165, 1.54) is 25.8 Å². The van der Waals surface area contributed by atoms with Crippen molar-refractivity contribution in [2.24, 2.45) is 5.73 Å². The van der Waals surface area contributed by atoms with Crippen molar-refractivity contribution in [2.45, 2.75) is 31.8 Å². The third kappa shape index (κ3) is 5.30. The van der Waals surface area contributed by atoms with Gasteiger partial charge < -0.3 is 10.5 Å². The van der Waals surface area contributed by atoms with Gasteiger partial charge >= 0.3 is 0 Å². The largest absolute Gasteiger partial charge is 0.374 e. The lowest BCUT2D eigenvalue weighted by Gasteiger charge is -2.32. The molecule has 1 aliphatic heterocycles. The normalized spacial score (nSPS) is 22.9. The highest BCUT2D eigenvalue weighted by Crippen LogP contribution is 2.07. The van der Waals surface area contributed by atoms with Crippen LogP contribution in [0.1, 0.15) is 25.7 Å². The molecule has 3 heteroatoms. The van der Waals surface area contributed by atoms with Crippen molar-refractivity contribution in [3.05, 3.63) is 12.7 Å². The minimum Gasteiger partial charge on any atom is -0.374 e. The van der Waals surface area contributed by atoms with E-state index < -0.39 is 0 Å². The predicted molar refractivity (Wildman–Crippen MR) is 63.9 cm³/mol. The van der Waals surface area contributed by atoms with Gasteiger partial charge in [0.25, 0.3) is 0 Å². The monoisotopic (exact) mass is 212 g/mol. The maximum absolute atomic E-state index is 5.60. The summed E-state index contributed by atoms with van der Waals surface area (Å²) in [6.45, 7) is 8.49. The molecule has 0 saturated carbocycles. The van der Waals surface area contributed by atoms with Gasteiger partial charge in [0.1, 0.15) is 0 Å². The van der Waals surface area contributed by atoms with E-state index in [0.717, 1.165) is 26.1 Å². The van der Waals surface area contributed by atoms with E-state index in [1.54, 1.807) is 0 Å². The van der Waals surface area contributed by atoms with Crippen molar-refractivity contribution in [1.29, 1.82) is 0 Å². The molecular formula is C12H24N2O. The number of rotatable bonds is 7. The van der Waals surface area contributed by atoms with E-state index in [-0.39, 0.29) is 6.10 Å². The Hall–Kier alpha value is -0.380. The first-order chi connectivity index (χ1) is 7.36. The molecule has 0 spiro atoms. The van der Waals surface area contributed by atoms with Gasteiger partial charge in [0.05, 0.1) is 12.7 Å². The van der Waals surface area contributed by atoms with Crippen LogP contribution in [0.5, 0.6) is 0 Å². The van der Waals surface area contributed by atoms with Gasteiger partial charge in [-0.05, 0) is 25.8 Å². The molecule has 1 aliphatic rings. The Bertz CT molecular complexity index is 173. The quantitative estimate of drug-likeness (QED) is 0.512. The van der Waals surface area contributed by atoms with Crippen LogP contribution in [0.15, 0.2) is 12.7 Å². The van der Waals surface area contributed by atoms with Gasteiger partial charge in [-0.15, -0.1) is 6.58 Å². The lowest BCUT2D eigenvalue weighted by Crippen LogP contribution is -2.45. The Morgan fingerprint density at radius 3 is 3.00 bits per heavy atom. The van der Waals surface area contributed by atoms with Crippen molar-refractivity contribution in [2.75, 3.05) is 32.8 Å². The number of ether oxygens (including phenoxy) is 1. The standard InChI is InChI=1S/C12H24N2O/c1-2-3-4-5-6-7-14-8-9-15-12(10-13)11-14/h2,12H,1,3-11,13H2. The van der Waals surface area contributed by atoms with Crippen LogP contribution in [0, 0.1) is 0 Å². The zero-order valence-corrected chi connectivity index (χ0v) is 9.66. The average Bonchev–Trinajstić information content (AvgIpc) is 2.29. The smallest absolute Gasteiger partial charge is 0.0824 e. The summed E-state index contributed by atoms with van der Waals surface area (Å²) >= 11 is 0. The molecule has 1 fully saturated rings. The Balaban J connectivity index is 2.02. The van der Waals surface area contributed by atoms with Gasteiger partial charge in [-0.25, -0.2) is 0 Å². The van der Waals surface area contributed by atoms with Crippen molar-refractivity contribution in [1.82, 2.24) is 4.90 Å². The summed E-state index contributed by atoms with van der Waals surface area (Å²) in [6, 6.07) is 0. The molecule has 0 aromatic rings. The summed E-state index contributed by atoms with van der Waals surface area (Å²) in [6.07, 6.45) is 7.26. The van der Waals surface area contributed by atoms with E-state index in [1.807, 2.05) is 6.08 Å². The summed E-state index contributed by atoms with van der Waals surface area (Å²) < 4.78 is 5.52. The summed E-state index contributed by atoms with van der Waals surface area (Å²) in [7, 11) is 0. The van der Waals surface area contributed by atoms with Gasteiger partial charge in [-0.1, -0.05) is 12.5 Å². The van der Waals surface area contributed by atoms with E-state index in [0.29, 0.717) is 6.54 Å². The maximum atomic E-state index is 5.60. The lowest BCUT2D eigenvalue weighted by molar-refractivity contribution is -0.0234. The van der Waals surface area contributed by atoms with Crippen LogP contribution in [0.2, 0.25) is 0 Å². The minimum absolute atomic E-state index is 0.256. The predicted octanol–water partition coefficient (Wildman–Crippen LogP) is 1.39. The van der Waals surface area contributed by atoms with Gasteiger partial charge in [0, 0.05) is 19.6 Å². The molecule has 0 bridgehead atoms. The fourth-order valence-electron chi connectivity index (χ4n) is 1.93. The molecule has 1 unspecified atom stereocenters. The number of hydrogen-bond acceptors (Lipinski definition) is 3. The number of morpholine rings is 1. The maximum Gasteiger partial charge on any atom is 0.0824 e. The first kappa shape index (κ1) is 12.7. The molecule has 0 aliphatic carbocycles. The van der Waals surface area contributed by atoms with Crippen molar-refractivity contribution >= 4 is 0 Å². The van der Waals surface area contributed by atoms with Crippen LogP contribution in [0.25, 0.3) is 0 Å². The van der Waals surface area contributed by atoms with E-state index in [9.17, 15) is 0 Å². The highest BCUT2D eigenvalue weighted by atomic mass is 16.5. The zero-order chi connectivity index (χ0) is 10.9. The molecular weight excluding hydrogens is 188 g/mol. The van der Waals surface area contributed by atoms with Crippen LogP contribution in [-0.4, -0.2) is 43.8 Å². The zero-order valence-electron chi connectivity index (χ0n) is 9.66. The van der Waals surface area contributed by atoms with Crippen LogP contribution < -0.4 is 5.73 Å². The summed E-state index contributed by atoms with van der Waals surface area (Å²) in [5, 5.41) is 0. The fourth-order valence-corrected chi connectivity index (χ4v) is 1.93. The molecule has 2 N–H and O–H groups in total. The van der Waals surface area contributed by atoms with E-state index in [4.69, 9.17) is 10.5 Å². The molecule has 0 aromatic heterocycles. The lowest BCUT2D eigenvalue weighted by atomic mass is 10.1. The molecule has 88 valence electrons. The fraction of sp³-hybridized carbons (Fsp3) is 0.833. The van der Waals surface area contributed by atoms with Crippen molar-refractivity contribution in [3.63, 3.8) is 0 Å². The third-order valence-corrected chi connectivity index (χ3v) is 2.87. The Morgan fingerprint density at radius 1 is 1.40 bits per heavy atom. The van der Waals surface area contributed by atoms with Crippen molar-refractivity contribution < 1.29 is 4.74 Å². The molecule has 1 rings (SSSR count). The van der Waals surface area contributed by atoms with Crippen LogP contribution in [0.4, 0.5) is 0 Å². The van der Waals surface area contributed by atoms with E-state index in [2.05, 4.69) is 11.5 Å². The Kier molecular flexibility index (Phi) is 6.64. The van der Waals surface area contributed by atoms with E-state index >= 15 is 0 Å². The summed E-state index contributed by atoms with van der Waals surface area (Å²) in [5.74, 6) is 0. The summed E-state index contributed by atoms with van der Waals surface area (Å²) in [4.78, 5) is 2.47. The molecule has 1 saturated heterocycles. The van der Waals surface area contributed by atoms with Crippen LogP contribution >= 0.6 is 0 Å². The Labute approximate surface area is 93.3 Å². The minimum atomic E-state index is 0.256. The molecule has 15 heavy (non-hydrogen) atoms. The molecule has 0 radical (unpaired) electrons. The van der Waals surface area contributed by atoms with Gasteiger partial charge in [0.2, 0.25) is 0 Å². The molecule has 3 nitrogen and oxygen atoms in total. The highest BCUT2D eigenvalue weighted by molar-refractivity contribution is 4.72. The van der Waals surface area contributed by atoms with Crippen molar-refractivity contribution in [3.8, 4) is 0 Å². The van der Waals surface area contributed by atoms with Crippen LogP contribution in [0.3, 0.4) is 0 Å². The molecule has 0 aromatic carbocycles. The molecule has 0 amide bonds. The number of nitrogens with two attached hydrogens (primary N) is 1. The molecule has 1 heterocycles. The second kappa shape index (κ2) is 7.85. The van der Waals surface area contributed by atoms with Gasteiger partial charge in [-0.3, -0.25) is 4.90 Å². The molecule has 1 atom stereocenters.